The number of methoxy groups -OCH3 is 1. The maximum Gasteiger partial charge on any atom is 0.330 e. The highest BCUT2D eigenvalue weighted by molar-refractivity contribution is 5.88. The number of esters is 1. The Morgan fingerprint density at radius 2 is 2.26 bits per heavy atom. The van der Waals surface area contributed by atoms with Gasteiger partial charge in [-0.15, -0.1) is 0 Å². The van der Waals surface area contributed by atoms with E-state index in [2.05, 4.69) is 10.3 Å². The van der Waals surface area contributed by atoms with E-state index in [9.17, 15) is 14.9 Å². The van der Waals surface area contributed by atoms with Crippen LogP contribution in [-0.4, -0.2) is 42.7 Å². The SMILES string of the molecule is CCCCOC(=O)C=Cc1cc([N+](=O)[O-])cnc1NCCOC. The topological polar surface area (TPSA) is 104 Å². The molecule has 126 valence electrons. The molecule has 0 fully saturated rings. The predicted molar refractivity (Wildman–Crippen MR) is 86.2 cm³/mol. The third kappa shape index (κ3) is 6.88. The highest BCUT2D eigenvalue weighted by Crippen LogP contribution is 2.20. The maximum atomic E-state index is 11.6. The summed E-state index contributed by atoms with van der Waals surface area (Å²) in [6, 6.07) is 1.35. The van der Waals surface area contributed by atoms with Gasteiger partial charge in [0.05, 0.1) is 18.1 Å². The number of anilines is 1. The molecule has 0 saturated heterocycles. The molecule has 1 aromatic rings. The van der Waals surface area contributed by atoms with Crippen LogP contribution in [0.1, 0.15) is 25.3 Å². The lowest BCUT2D eigenvalue weighted by atomic mass is 10.2. The molecule has 23 heavy (non-hydrogen) atoms. The van der Waals surface area contributed by atoms with E-state index in [1.54, 1.807) is 7.11 Å². The monoisotopic (exact) mass is 323 g/mol. The van der Waals surface area contributed by atoms with Crippen molar-refractivity contribution in [2.45, 2.75) is 19.8 Å². The Bertz CT molecular complexity index is 560. The standard InChI is InChI=1S/C15H21N3O5/c1-3-4-8-23-14(19)6-5-12-10-13(18(20)21)11-17-15(12)16-7-9-22-2/h5-6,10-11H,3-4,7-9H2,1-2H3,(H,16,17). The van der Waals surface area contributed by atoms with E-state index in [1.165, 1.54) is 18.2 Å². The molecule has 0 saturated carbocycles. The van der Waals surface area contributed by atoms with Crippen LogP contribution in [0.2, 0.25) is 0 Å². The molecule has 0 aliphatic rings. The number of nitrogens with one attached hydrogen (secondary N) is 1. The van der Waals surface area contributed by atoms with Crippen LogP contribution >= 0.6 is 0 Å². The number of carbonyl (C=O) groups excluding carboxylic acids is 1. The molecule has 0 amide bonds. The molecule has 8 heteroatoms. The largest absolute Gasteiger partial charge is 0.463 e. The van der Waals surface area contributed by atoms with Crippen molar-refractivity contribution in [3.05, 3.63) is 34.0 Å². The number of rotatable bonds is 10. The summed E-state index contributed by atoms with van der Waals surface area (Å²) in [6.07, 6.45) is 5.56. The summed E-state index contributed by atoms with van der Waals surface area (Å²) < 4.78 is 9.93. The Kier molecular flexibility index (Phi) is 8.30. The van der Waals surface area contributed by atoms with E-state index >= 15 is 0 Å². The molecule has 0 spiro atoms. The minimum absolute atomic E-state index is 0.152. The highest BCUT2D eigenvalue weighted by Gasteiger charge is 2.11. The van der Waals surface area contributed by atoms with Gasteiger partial charge >= 0.3 is 5.97 Å². The fourth-order valence-corrected chi connectivity index (χ4v) is 1.64. The number of nitrogens with zero attached hydrogens (tertiary/aromatic N) is 2. The van der Waals surface area contributed by atoms with Crippen molar-refractivity contribution in [1.29, 1.82) is 0 Å². The summed E-state index contributed by atoms with van der Waals surface area (Å²) >= 11 is 0. The van der Waals surface area contributed by atoms with Crippen LogP contribution in [0.25, 0.3) is 6.08 Å². The normalized spacial score (nSPS) is 10.7. The van der Waals surface area contributed by atoms with E-state index in [0.717, 1.165) is 19.0 Å². The van der Waals surface area contributed by atoms with Crippen molar-refractivity contribution in [1.82, 2.24) is 4.98 Å². The quantitative estimate of drug-likeness (QED) is 0.232. The summed E-state index contributed by atoms with van der Waals surface area (Å²) in [4.78, 5) is 25.9. The predicted octanol–water partition coefficient (Wildman–Crippen LogP) is 2.40. The van der Waals surface area contributed by atoms with Gasteiger partial charge in [-0.3, -0.25) is 10.1 Å². The summed E-state index contributed by atoms with van der Waals surface area (Å²) in [5, 5.41) is 13.8. The molecular weight excluding hydrogens is 302 g/mol. The number of ether oxygens (including phenoxy) is 2. The van der Waals surface area contributed by atoms with Crippen LogP contribution in [-0.2, 0) is 14.3 Å². The van der Waals surface area contributed by atoms with E-state index in [-0.39, 0.29) is 5.69 Å². The summed E-state index contributed by atoms with van der Waals surface area (Å²) in [6.45, 7) is 3.30. The zero-order valence-corrected chi connectivity index (χ0v) is 13.3. The third-order valence-electron chi connectivity index (χ3n) is 2.85. The second-order valence-electron chi connectivity index (χ2n) is 4.66. The van der Waals surface area contributed by atoms with Crippen molar-refractivity contribution in [3.8, 4) is 0 Å². The van der Waals surface area contributed by atoms with E-state index < -0.39 is 10.9 Å². The Balaban J connectivity index is 2.84. The molecule has 0 unspecified atom stereocenters. The Morgan fingerprint density at radius 1 is 1.48 bits per heavy atom. The Hall–Kier alpha value is -2.48. The second kappa shape index (κ2) is 10.3. The van der Waals surface area contributed by atoms with Crippen LogP contribution in [0.4, 0.5) is 11.5 Å². The van der Waals surface area contributed by atoms with Crippen LogP contribution in [0.5, 0.6) is 0 Å². The molecule has 8 nitrogen and oxygen atoms in total. The fourth-order valence-electron chi connectivity index (χ4n) is 1.64. The van der Waals surface area contributed by atoms with Gasteiger partial charge in [-0.2, -0.15) is 0 Å². The first-order valence-electron chi connectivity index (χ1n) is 7.30. The molecule has 0 aromatic carbocycles. The maximum absolute atomic E-state index is 11.6. The van der Waals surface area contributed by atoms with Gasteiger partial charge in [-0.05, 0) is 12.5 Å². The zero-order valence-electron chi connectivity index (χ0n) is 13.3. The number of hydrogen-bond donors (Lipinski definition) is 1. The average Bonchev–Trinajstić information content (AvgIpc) is 2.54. The van der Waals surface area contributed by atoms with E-state index in [0.29, 0.717) is 31.1 Å². The van der Waals surface area contributed by atoms with E-state index in [1.807, 2.05) is 6.92 Å². The van der Waals surface area contributed by atoms with Crippen molar-refractivity contribution >= 4 is 23.6 Å². The van der Waals surface area contributed by atoms with Gasteiger partial charge in [0.25, 0.3) is 5.69 Å². The van der Waals surface area contributed by atoms with Crippen molar-refractivity contribution in [2.75, 3.05) is 32.2 Å². The lowest BCUT2D eigenvalue weighted by molar-refractivity contribution is -0.385. The molecular formula is C15H21N3O5. The van der Waals surface area contributed by atoms with Crippen molar-refractivity contribution in [3.63, 3.8) is 0 Å². The van der Waals surface area contributed by atoms with Crippen LogP contribution in [0, 0.1) is 10.1 Å². The number of nitro groups is 1. The van der Waals surface area contributed by atoms with Gasteiger partial charge in [0, 0.05) is 31.4 Å². The van der Waals surface area contributed by atoms with Crippen LogP contribution < -0.4 is 5.32 Å². The van der Waals surface area contributed by atoms with Crippen LogP contribution in [0.3, 0.4) is 0 Å². The summed E-state index contributed by atoms with van der Waals surface area (Å²) in [5.74, 6) is -0.0574. The highest BCUT2D eigenvalue weighted by atomic mass is 16.6. The number of pyridine rings is 1. The summed E-state index contributed by atoms with van der Waals surface area (Å²) in [5.41, 5.74) is 0.282. The third-order valence-corrected chi connectivity index (χ3v) is 2.85. The molecule has 0 aliphatic carbocycles. The zero-order chi connectivity index (χ0) is 17.1. The number of hydrogen-bond acceptors (Lipinski definition) is 7. The minimum Gasteiger partial charge on any atom is -0.463 e. The first kappa shape index (κ1) is 18.6. The van der Waals surface area contributed by atoms with E-state index in [4.69, 9.17) is 9.47 Å². The molecule has 1 N–H and O–H groups in total. The van der Waals surface area contributed by atoms with Gasteiger partial charge in [0.2, 0.25) is 0 Å². The molecule has 0 radical (unpaired) electrons. The Labute approximate surface area is 134 Å². The number of unbranched alkanes of at least 4 members (excludes halogenated alkanes) is 1. The van der Waals surface area contributed by atoms with Gasteiger partial charge in [-0.25, -0.2) is 9.78 Å². The number of carbonyl (C=O) groups is 1. The van der Waals surface area contributed by atoms with Gasteiger partial charge < -0.3 is 14.8 Å². The smallest absolute Gasteiger partial charge is 0.330 e. The minimum atomic E-state index is -0.539. The molecule has 0 bridgehead atoms. The number of aromatic nitrogens is 1. The van der Waals surface area contributed by atoms with Crippen LogP contribution in [0.15, 0.2) is 18.3 Å². The molecule has 1 heterocycles. The summed E-state index contributed by atoms with van der Waals surface area (Å²) in [7, 11) is 1.57. The first-order valence-corrected chi connectivity index (χ1v) is 7.30. The first-order chi connectivity index (χ1) is 11.1. The molecule has 1 aromatic heterocycles. The lowest BCUT2D eigenvalue weighted by Gasteiger charge is -2.08. The van der Waals surface area contributed by atoms with Gasteiger partial charge in [0.15, 0.2) is 0 Å². The molecule has 0 aliphatic heterocycles. The lowest BCUT2D eigenvalue weighted by Crippen LogP contribution is -2.10. The van der Waals surface area contributed by atoms with Gasteiger partial charge in [0.1, 0.15) is 12.0 Å². The van der Waals surface area contributed by atoms with Crippen molar-refractivity contribution in [2.24, 2.45) is 0 Å². The molecule has 1 rings (SSSR count). The van der Waals surface area contributed by atoms with Gasteiger partial charge in [-0.1, -0.05) is 13.3 Å². The second-order valence-corrected chi connectivity index (χ2v) is 4.66. The molecule has 0 atom stereocenters. The van der Waals surface area contributed by atoms with Crippen molar-refractivity contribution < 1.29 is 19.2 Å². The average molecular weight is 323 g/mol. The fraction of sp³-hybridized carbons (Fsp3) is 0.467. The Morgan fingerprint density at radius 3 is 2.91 bits per heavy atom.